The molecule has 0 saturated heterocycles. The van der Waals surface area contributed by atoms with Crippen molar-refractivity contribution in [3.05, 3.63) is 40.1 Å². The lowest BCUT2D eigenvalue weighted by atomic mass is 10.2. The molecule has 24 heavy (non-hydrogen) atoms. The molecule has 0 aliphatic rings. The van der Waals surface area contributed by atoms with Crippen LogP contribution in [0.15, 0.2) is 28.7 Å². The van der Waals surface area contributed by atoms with Gasteiger partial charge >= 0.3 is 5.97 Å². The Balaban J connectivity index is 2.53. The lowest BCUT2D eigenvalue weighted by Gasteiger charge is -2.08. The Bertz CT molecular complexity index is 675. The molecular weight excluding hydrogens is 329 g/mol. The second-order valence-corrected chi connectivity index (χ2v) is 6.05. The number of nitrogens with zero attached hydrogens (tertiary/aromatic N) is 1. The maximum Gasteiger partial charge on any atom is 0.332 e. The van der Waals surface area contributed by atoms with E-state index in [1.54, 1.807) is 12.1 Å². The van der Waals surface area contributed by atoms with E-state index in [9.17, 15) is 9.18 Å². The van der Waals surface area contributed by atoms with Gasteiger partial charge in [0.05, 0.1) is 13.2 Å². The number of carboxylic acid groups (broad SMARTS) is 1. The quantitative estimate of drug-likeness (QED) is 0.343. The van der Waals surface area contributed by atoms with Crippen molar-refractivity contribution in [2.24, 2.45) is 0 Å². The van der Waals surface area contributed by atoms with Crippen LogP contribution in [0.3, 0.4) is 0 Å². The fraction of sp³-hybridized carbons (Fsp3) is 0.389. The zero-order chi connectivity index (χ0) is 18.1. The van der Waals surface area contributed by atoms with Gasteiger partial charge in [0.2, 0.25) is 0 Å². The second-order valence-electron chi connectivity index (χ2n) is 5.51. The van der Waals surface area contributed by atoms with Gasteiger partial charge in [-0.25, -0.2) is 9.18 Å². The molecule has 130 valence electrons. The highest BCUT2D eigenvalue weighted by Crippen LogP contribution is 2.20. The van der Waals surface area contributed by atoms with E-state index in [1.165, 1.54) is 13.0 Å². The van der Waals surface area contributed by atoms with Gasteiger partial charge in [-0.3, -0.25) is 4.90 Å². The predicted molar refractivity (Wildman–Crippen MR) is 95.9 cm³/mol. The number of allylic oxidation sites excluding steroid dienone is 1. The van der Waals surface area contributed by atoms with Gasteiger partial charge in [-0.2, -0.15) is 0 Å². The molecule has 0 aliphatic carbocycles. The van der Waals surface area contributed by atoms with Crippen molar-refractivity contribution >= 4 is 18.6 Å². The molecule has 0 fully saturated rings. The number of carbonyl (C=O) groups is 1. The summed E-state index contributed by atoms with van der Waals surface area (Å²) in [6, 6.07) is 4.60. The molecule has 0 aromatic heterocycles. The highest BCUT2D eigenvalue weighted by Gasteiger charge is 2.07. The van der Waals surface area contributed by atoms with E-state index in [-0.39, 0.29) is 17.9 Å². The molecule has 0 saturated carbocycles. The molecule has 0 bridgehead atoms. The lowest BCUT2D eigenvalue weighted by molar-refractivity contribution is -0.132. The SMILES string of the molecule is C/C(C(=O)O)=C(\S)CCCOc1ccc(C#CCN(C)C)cc1F. The number of halogens is 1. The minimum Gasteiger partial charge on any atom is -0.491 e. The van der Waals surface area contributed by atoms with Crippen molar-refractivity contribution in [1.29, 1.82) is 0 Å². The first kappa shape index (κ1) is 20.1. The fourth-order valence-electron chi connectivity index (χ4n) is 1.73. The zero-order valence-electron chi connectivity index (χ0n) is 14.1. The molecule has 0 aliphatic heterocycles. The van der Waals surface area contributed by atoms with Crippen LogP contribution in [0.2, 0.25) is 0 Å². The monoisotopic (exact) mass is 351 g/mol. The van der Waals surface area contributed by atoms with Gasteiger partial charge in [-0.15, -0.1) is 12.6 Å². The van der Waals surface area contributed by atoms with Crippen molar-refractivity contribution in [1.82, 2.24) is 4.90 Å². The Morgan fingerprint density at radius 3 is 2.71 bits per heavy atom. The van der Waals surface area contributed by atoms with E-state index in [0.717, 1.165) is 0 Å². The number of aliphatic carboxylic acids is 1. The van der Waals surface area contributed by atoms with Gasteiger partial charge in [0, 0.05) is 11.1 Å². The van der Waals surface area contributed by atoms with Crippen molar-refractivity contribution in [3.63, 3.8) is 0 Å². The lowest BCUT2D eigenvalue weighted by Crippen LogP contribution is -2.10. The molecule has 1 aromatic carbocycles. The Morgan fingerprint density at radius 1 is 1.42 bits per heavy atom. The molecule has 1 N–H and O–H groups in total. The third-order valence-electron chi connectivity index (χ3n) is 3.13. The summed E-state index contributed by atoms with van der Waals surface area (Å²) in [4.78, 5) is 13.2. The summed E-state index contributed by atoms with van der Waals surface area (Å²) in [5, 5.41) is 8.84. The molecule has 0 heterocycles. The molecule has 6 heteroatoms. The van der Waals surface area contributed by atoms with E-state index < -0.39 is 11.8 Å². The summed E-state index contributed by atoms with van der Waals surface area (Å²) in [6.07, 6.45) is 1.02. The first-order valence-corrected chi connectivity index (χ1v) is 7.94. The molecule has 1 rings (SSSR count). The molecular formula is C18H22FNO3S. The smallest absolute Gasteiger partial charge is 0.332 e. The van der Waals surface area contributed by atoms with E-state index in [2.05, 4.69) is 24.5 Å². The third kappa shape index (κ3) is 7.07. The van der Waals surface area contributed by atoms with Gasteiger partial charge in [-0.05, 0) is 57.0 Å². The minimum atomic E-state index is -0.988. The van der Waals surface area contributed by atoms with Crippen molar-refractivity contribution < 1.29 is 19.0 Å². The van der Waals surface area contributed by atoms with Crippen LogP contribution in [-0.4, -0.2) is 43.2 Å². The first-order valence-electron chi connectivity index (χ1n) is 7.49. The highest BCUT2D eigenvalue weighted by atomic mass is 32.1. The van der Waals surface area contributed by atoms with Crippen LogP contribution < -0.4 is 4.74 Å². The summed E-state index contributed by atoms with van der Waals surface area (Å²) < 4.78 is 19.3. The summed E-state index contributed by atoms with van der Waals surface area (Å²) >= 11 is 4.16. The maximum absolute atomic E-state index is 14.0. The number of ether oxygens (including phenoxy) is 1. The van der Waals surface area contributed by atoms with E-state index >= 15 is 0 Å². The summed E-state index contributed by atoms with van der Waals surface area (Å²) in [7, 11) is 3.82. The van der Waals surface area contributed by atoms with Crippen LogP contribution in [0.25, 0.3) is 0 Å². The minimum absolute atomic E-state index is 0.160. The molecule has 0 atom stereocenters. The van der Waals surface area contributed by atoms with Crippen LogP contribution in [-0.2, 0) is 4.79 Å². The standard InChI is InChI=1S/C18H22FNO3S/c1-13(18(21)22)17(24)7-5-11-23-16-9-8-14(12-15(16)19)6-4-10-20(2)3/h8-9,12,24H,5,7,10-11H2,1-3H3,(H,21,22)/b17-13+. The van der Waals surface area contributed by atoms with Crippen LogP contribution in [0.1, 0.15) is 25.3 Å². The van der Waals surface area contributed by atoms with Crippen LogP contribution in [0.5, 0.6) is 5.75 Å². The molecule has 0 amide bonds. The number of carboxylic acids is 1. The van der Waals surface area contributed by atoms with Gasteiger partial charge in [0.1, 0.15) is 0 Å². The Labute approximate surface area is 147 Å². The van der Waals surface area contributed by atoms with E-state index in [4.69, 9.17) is 9.84 Å². The maximum atomic E-state index is 14.0. The molecule has 0 unspecified atom stereocenters. The number of hydrogen-bond acceptors (Lipinski definition) is 4. The summed E-state index contributed by atoms with van der Waals surface area (Å²) in [5.41, 5.74) is 0.810. The highest BCUT2D eigenvalue weighted by molar-refractivity contribution is 7.84. The number of thiol groups is 1. The largest absolute Gasteiger partial charge is 0.491 e. The van der Waals surface area contributed by atoms with Gasteiger partial charge in [0.15, 0.2) is 11.6 Å². The third-order valence-corrected chi connectivity index (χ3v) is 3.69. The molecule has 0 spiro atoms. The number of benzene rings is 1. The van der Waals surface area contributed by atoms with Crippen molar-refractivity contribution in [2.45, 2.75) is 19.8 Å². The van der Waals surface area contributed by atoms with E-state index in [1.807, 2.05) is 19.0 Å². The Hall–Kier alpha value is -1.97. The molecule has 1 aromatic rings. The molecule has 4 nitrogen and oxygen atoms in total. The van der Waals surface area contributed by atoms with Crippen molar-refractivity contribution in [3.8, 4) is 17.6 Å². The van der Waals surface area contributed by atoms with Crippen LogP contribution >= 0.6 is 12.6 Å². The normalized spacial score (nSPS) is 11.6. The van der Waals surface area contributed by atoms with E-state index in [0.29, 0.717) is 29.9 Å². The number of hydrogen-bond donors (Lipinski definition) is 2. The number of rotatable bonds is 7. The van der Waals surface area contributed by atoms with Gasteiger partial charge < -0.3 is 9.84 Å². The Morgan fingerprint density at radius 2 is 2.12 bits per heavy atom. The fourth-order valence-corrected chi connectivity index (χ4v) is 1.98. The van der Waals surface area contributed by atoms with Gasteiger partial charge in [0.25, 0.3) is 0 Å². The van der Waals surface area contributed by atoms with Crippen molar-refractivity contribution in [2.75, 3.05) is 27.2 Å². The molecule has 0 radical (unpaired) electrons. The van der Waals surface area contributed by atoms with Crippen LogP contribution in [0, 0.1) is 17.7 Å². The predicted octanol–water partition coefficient (Wildman–Crippen LogP) is 3.19. The Kier molecular flexibility index (Phi) is 8.37. The second kappa shape index (κ2) is 10.0. The summed E-state index contributed by atoms with van der Waals surface area (Å²) in [5.74, 6) is 4.54. The topological polar surface area (TPSA) is 49.8 Å². The average Bonchev–Trinajstić information content (AvgIpc) is 2.51. The summed E-state index contributed by atoms with van der Waals surface area (Å²) in [6.45, 7) is 2.38. The van der Waals surface area contributed by atoms with Gasteiger partial charge in [-0.1, -0.05) is 11.8 Å². The average molecular weight is 351 g/mol. The first-order chi connectivity index (χ1) is 11.3. The zero-order valence-corrected chi connectivity index (χ0v) is 15.0. The van der Waals surface area contributed by atoms with Crippen LogP contribution in [0.4, 0.5) is 4.39 Å².